The first-order valence-corrected chi connectivity index (χ1v) is 4.78. The van der Waals surface area contributed by atoms with Crippen LogP contribution in [0.25, 0.3) is 0 Å². The van der Waals surface area contributed by atoms with Crippen LogP contribution in [-0.2, 0) is 0 Å². The molecule has 0 aromatic heterocycles. The molecule has 0 saturated heterocycles. The van der Waals surface area contributed by atoms with Crippen LogP contribution in [0.15, 0.2) is 0 Å². The van der Waals surface area contributed by atoms with Gasteiger partial charge in [0.15, 0.2) is 3.79 Å². The molecule has 1 aliphatic rings. The Bertz CT molecular complexity index is 117. The van der Waals surface area contributed by atoms with Crippen LogP contribution in [-0.4, -0.2) is 9.17 Å². The number of hydrogen-bond acceptors (Lipinski definition) is 0. The van der Waals surface area contributed by atoms with Crippen LogP contribution in [0.1, 0.15) is 19.3 Å². The van der Waals surface area contributed by atoms with Gasteiger partial charge < -0.3 is 0 Å². The molecule has 0 aliphatic heterocycles. The topological polar surface area (TPSA) is 0 Å². The van der Waals surface area contributed by atoms with Gasteiger partial charge in [-0.2, -0.15) is 0 Å². The van der Waals surface area contributed by atoms with Crippen molar-refractivity contribution in [1.82, 2.24) is 0 Å². The lowest BCUT2D eigenvalue weighted by atomic mass is 10.1. The summed E-state index contributed by atoms with van der Waals surface area (Å²) in [5.74, 6) is 0.153. The highest BCUT2D eigenvalue weighted by atomic mass is 35.6. The maximum Gasteiger partial charge on any atom is 0.193 e. The van der Waals surface area contributed by atoms with Crippen LogP contribution in [0.2, 0.25) is 0 Å². The monoisotopic (exact) mass is 220 g/mol. The van der Waals surface area contributed by atoms with Crippen molar-refractivity contribution in [2.75, 3.05) is 0 Å². The van der Waals surface area contributed by atoms with Crippen LogP contribution in [0, 0.1) is 5.92 Å². The lowest BCUT2D eigenvalue weighted by Crippen LogP contribution is -2.15. The second-order valence-electron chi connectivity index (χ2n) is 2.65. The number of hydrogen-bond donors (Lipinski definition) is 0. The second kappa shape index (κ2) is 3.26. The molecule has 1 fully saturated rings. The molecule has 0 radical (unpaired) electrons. The van der Waals surface area contributed by atoms with Gasteiger partial charge in [0.1, 0.15) is 0 Å². The van der Waals surface area contributed by atoms with E-state index < -0.39 is 3.79 Å². The van der Waals surface area contributed by atoms with Gasteiger partial charge in [0, 0.05) is 11.3 Å². The van der Waals surface area contributed by atoms with Gasteiger partial charge in [-0.1, -0.05) is 34.8 Å². The zero-order chi connectivity index (χ0) is 7.78. The summed E-state index contributed by atoms with van der Waals surface area (Å²) in [6.07, 6.45) is 2.74. The van der Waals surface area contributed by atoms with Gasteiger partial charge in [-0.25, -0.2) is 0 Å². The molecule has 0 aromatic carbocycles. The Hall–Kier alpha value is 1.16. The Balaban J connectivity index is 2.45. The van der Waals surface area contributed by atoms with E-state index in [4.69, 9.17) is 46.4 Å². The largest absolute Gasteiger partial charge is 0.193 e. The molecule has 0 amide bonds. The first-order valence-electron chi connectivity index (χ1n) is 3.21. The maximum atomic E-state index is 5.84. The summed E-state index contributed by atoms with van der Waals surface area (Å²) in [4.78, 5) is 0. The minimum Gasteiger partial charge on any atom is -0.123 e. The third-order valence-corrected chi connectivity index (χ3v) is 3.15. The molecule has 2 atom stereocenters. The first-order chi connectivity index (χ1) is 4.50. The fourth-order valence-electron chi connectivity index (χ4n) is 1.22. The Kier molecular flexibility index (Phi) is 3.02. The molecule has 1 saturated carbocycles. The lowest BCUT2D eigenvalue weighted by molar-refractivity contribution is 0.563. The standard InChI is InChI=1S/C6H8Cl4/c7-5-2-1-4(3-5)6(8,9)10/h4-5H,1-3H2. The van der Waals surface area contributed by atoms with E-state index in [1.54, 1.807) is 0 Å². The quantitative estimate of drug-likeness (QED) is 0.547. The number of alkyl halides is 4. The van der Waals surface area contributed by atoms with Gasteiger partial charge in [0.05, 0.1) is 0 Å². The Labute approximate surface area is 80.8 Å². The van der Waals surface area contributed by atoms with Crippen molar-refractivity contribution >= 4 is 46.4 Å². The van der Waals surface area contributed by atoms with Crippen molar-refractivity contribution in [3.05, 3.63) is 0 Å². The molecular weight excluding hydrogens is 214 g/mol. The Morgan fingerprint density at radius 1 is 1.10 bits per heavy atom. The summed E-state index contributed by atoms with van der Waals surface area (Å²) in [5, 5.41) is 0.209. The summed E-state index contributed by atoms with van der Waals surface area (Å²) in [6.45, 7) is 0. The molecule has 60 valence electrons. The zero-order valence-electron chi connectivity index (χ0n) is 5.29. The Morgan fingerprint density at radius 3 is 1.90 bits per heavy atom. The minimum absolute atomic E-state index is 0.153. The molecule has 0 heterocycles. The summed E-state index contributed by atoms with van der Waals surface area (Å²) in [6, 6.07) is 0. The zero-order valence-corrected chi connectivity index (χ0v) is 8.31. The average molecular weight is 222 g/mol. The van der Waals surface area contributed by atoms with Crippen molar-refractivity contribution in [2.24, 2.45) is 5.92 Å². The summed E-state index contributed by atoms with van der Waals surface area (Å²) >= 11 is 22.9. The van der Waals surface area contributed by atoms with Crippen molar-refractivity contribution in [2.45, 2.75) is 28.4 Å². The van der Waals surface area contributed by atoms with Gasteiger partial charge in [-0.05, 0) is 19.3 Å². The number of rotatable bonds is 0. The van der Waals surface area contributed by atoms with Crippen molar-refractivity contribution in [3.8, 4) is 0 Å². The van der Waals surface area contributed by atoms with Gasteiger partial charge in [0.25, 0.3) is 0 Å². The van der Waals surface area contributed by atoms with Gasteiger partial charge >= 0.3 is 0 Å². The molecule has 0 N–H and O–H groups in total. The second-order valence-corrected chi connectivity index (χ2v) is 5.64. The van der Waals surface area contributed by atoms with E-state index in [9.17, 15) is 0 Å². The summed E-state index contributed by atoms with van der Waals surface area (Å²) in [5.41, 5.74) is 0. The SMILES string of the molecule is ClC1CCC(C(Cl)(Cl)Cl)C1. The summed E-state index contributed by atoms with van der Waals surface area (Å²) < 4.78 is -1.11. The highest BCUT2D eigenvalue weighted by molar-refractivity contribution is 6.67. The van der Waals surface area contributed by atoms with Crippen LogP contribution in [0.3, 0.4) is 0 Å². The molecule has 0 aromatic rings. The van der Waals surface area contributed by atoms with E-state index in [0.29, 0.717) is 0 Å². The molecule has 0 spiro atoms. The molecule has 2 unspecified atom stereocenters. The van der Waals surface area contributed by atoms with E-state index in [1.165, 1.54) is 0 Å². The predicted octanol–water partition coefficient (Wildman–Crippen LogP) is 3.76. The van der Waals surface area contributed by atoms with Crippen molar-refractivity contribution in [1.29, 1.82) is 0 Å². The molecule has 1 aliphatic carbocycles. The van der Waals surface area contributed by atoms with E-state index in [0.717, 1.165) is 19.3 Å². The third-order valence-electron chi connectivity index (χ3n) is 1.83. The van der Waals surface area contributed by atoms with E-state index in [1.807, 2.05) is 0 Å². The fraction of sp³-hybridized carbons (Fsp3) is 1.00. The van der Waals surface area contributed by atoms with Gasteiger partial charge in [-0.3, -0.25) is 0 Å². The molecule has 1 rings (SSSR count). The van der Waals surface area contributed by atoms with Crippen LogP contribution >= 0.6 is 46.4 Å². The molecule has 4 heteroatoms. The van der Waals surface area contributed by atoms with E-state index in [2.05, 4.69) is 0 Å². The highest BCUT2D eigenvalue weighted by Crippen LogP contribution is 2.45. The fourth-order valence-corrected chi connectivity index (χ4v) is 2.16. The van der Waals surface area contributed by atoms with Crippen LogP contribution in [0.4, 0.5) is 0 Å². The van der Waals surface area contributed by atoms with Crippen LogP contribution < -0.4 is 0 Å². The molecule has 0 bridgehead atoms. The van der Waals surface area contributed by atoms with Gasteiger partial charge in [0.2, 0.25) is 0 Å². The van der Waals surface area contributed by atoms with Crippen molar-refractivity contribution < 1.29 is 0 Å². The van der Waals surface area contributed by atoms with Crippen molar-refractivity contribution in [3.63, 3.8) is 0 Å². The molecular formula is C6H8Cl4. The highest BCUT2D eigenvalue weighted by Gasteiger charge is 2.37. The third kappa shape index (κ3) is 2.34. The normalized spacial score (nSPS) is 34.8. The predicted molar refractivity (Wildman–Crippen MR) is 47.3 cm³/mol. The lowest BCUT2D eigenvalue weighted by Gasteiger charge is -2.18. The summed E-state index contributed by atoms with van der Waals surface area (Å²) in [7, 11) is 0. The Morgan fingerprint density at radius 2 is 1.70 bits per heavy atom. The smallest absolute Gasteiger partial charge is 0.123 e. The maximum absolute atomic E-state index is 5.84. The van der Waals surface area contributed by atoms with Crippen LogP contribution in [0.5, 0.6) is 0 Å². The van der Waals surface area contributed by atoms with Gasteiger partial charge in [-0.15, -0.1) is 11.6 Å². The first kappa shape index (κ1) is 9.25. The molecule has 10 heavy (non-hydrogen) atoms. The minimum atomic E-state index is -1.11. The van der Waals surface area contributed by atoms with E-state index >= 15 is 0 Å². The average Bonchev–Trinajstić information content (AvgIpc) is 2.11. The van der Waals surface area contributed by atoms with E-state index in [-0.39, 0.29) is 11.3 Å². The number of halogens is 4. The molecule has 0 nitrogen and oxygen atoms in total.